The number of carboxylic acids is 1. The summed E-state index contributed by atoms with van der Waals surface area (Å²) in [6, 6.07) is 4.32. The molecule has 26 nitrogen and oxygen atoms in total. The Morgan fingerprint density at radius 1 is 0.633 bits per heavy atom. The maximum atomic E-state index is 12.6. The van der Waals surface area contributed by atoms with Crippen LogP contribution in [0.3, 0.4) is 0 Å². The van der Waals surface area contributed by atoms with Crippen LogP contribution in [0.15, 0.2) is 82.5 Å². The van der Waals surface area contributed by atoms with Gasteiger partial charge in [-0.05, 0) is 42.5 Å². The van der Waals surface area contributed by atoms with E-state index in [0.717, 1.165) is 12.1 Å². The Kier molecular flexibility index (Phi) is 29.7. The molecule has 0 aliphatic carbocycles. The molecule has 0 spiro atoms. The summed E-state index contributed by atoms with van der Waals surface area (Å²) in [5.74, 6) is -4.15. The van der Waals surface area contributed by atoms with Crippen LogP contribution < -0.4 is 170 Å². The van der Waals surface area contributed by atoms with Crippen molar-refractivity contribution in [3.05, 3.63) is 48.0 Å². The predicted molar refractivity (Wildman–Crippen MR) is 172 cm³/mol. The van der Waals surface area contributed by atoms with Crippen LogP contribution in [0.5, 0.6) is 0 Å². The Bertz CT molecular complexity index is 2620. The monoisotopic (exact) mass is 1010 g/mol. The van der Waals surface area contributed by atoms with Gasteiger partial charge in [0.05, 0.1) is 67.2 Å². The summed E-state index contributed by atoms with van der Waals surface area (Å²) in [5, 5.41) is 39.1. The molecule has 0 amide bonds. The van der Waals surface area contributed by atoms with E-state index in [-0.39, 0.29) is 160 Å². The molecule has 4 N–H and O–H groups in total. The van der Waals surface area contributed by atoms with E-state index in [1.807, 2.05) is 0 Å². The molecule has 0 unspecified atom stereocenters. The molecule has 0 heterocycles. The van der Waals surface area contributed by atoms with Gasteiger partial charge in [-0.3, -0.25) is 13.4 Å². The molecule has 3 rings (SSSR count). The summed E-state index contributed by atoms with van der Waals surface area (Å²) in [6.07, 6.45) is 0. The SMILES string of the molecule is Nc1cc(N)c(N=Nc2ccc(S(=O)(=O)CCOS(=O)(=O)[O-])cc2S(=O)(=O)[O-])c(C(=O)[O-])c1N=Nc1ccc(S(=O)(=O)CCOSOO[O-])cc1S(=O)(=O)[O-].[Na+].[Na+].[Na+].[Na+].[Na+]. The van der Waals surface area contributed by atoms with E-state index in [2.05, 4.69) is 38.2 Å². The number of hydrogen-bond acceptors (Lipinski definition) is 27. The van der Waals surface area contributed by atoms with E-state index in [9.17, 15) is 70.9 Å². The topological polar surface area (TPSA) is 441 Å². The third kappa shape index (κ3) is 19.3. The van der Waals surface area contributed by atoms with Crippen molar-refractivity contribution in [2.24, 2.45) is 20.5 Å². The quantitative estimate of drug-likeness (QED) is 0.0130. The number of rotatable bonds is 19. The number of nitrogens with zero attached hydrogens (tertiary/aromatic N) is 4. The fourth-order valence-corrected chi connectivity index (χ4v) is 8.31. The van der Waals surface area contributed by atoms with Gasteiger partial charge >= 0.3 is 148 Å². The second-order valence-electron chi connectivity index (χ2n) is 9.88. The second kappa shape index (κ2) is 27.4. The third-order valence-electron chi connectivity index (χ3n) is 6.29. The van der Waals surface area contributed by atoms with Crippen molar-refractivity contribution < 1.29 is 236 Å². The molecular weight excluding hydrogens is 988 g/mol. The standard InChI is InChI=1S/C23H24N6O20S6.5Na/c24-14-11-15(25)22(29-27-17-4-2-13(10-19(17)54(40,41)42)52(35,36)8-6-47-55(43,44)45)20(23(30)31)21(14)28-26-16-3-1-12(9-18(16)53(37,38)39)51(33,34)7-5-46-50-49-48-32;;;;;/h1-4,9-11,32H,5-8,24-25H2,(H,30,31)(H,37,38,39)(H,40,41,42)(H,43,44,45);;;;;/q;5*+1/p-5. The van der Waals surface area contributed by atoms with Gasteiger partial charge in [-0.15, -0.1) is 24.8 Å². The van der Waals surface area contributed by atoms with E-state index in [1.165, 1.54) is 0 Å². The van der Waals surface area contributed by atoms with E-state index >= 15 is 0 Å². The van der Waals surface area contributed by atoms with Crippen LogP contribution in [0.2, 0.25) is 0 Å². The third-order valence-corrected chi connectivity index (χ3v) is 12.2. The summed E-state index contributed by atoms with van der Waals surface area (Å²) >= 11 is -0.0146. The average Bonchev–Trinajstić information content (AvgIpc) is 3.05. The number of carboxylic acid groups (broad SMARTS) is 1. The van der Waals surface area contributed by atoms with Crippen LogP contribution in [0, 0.1) is 0 Å². The van der Waals surface area contributed by atoms with Crippen LogP contribution in [0.4, 0.5) is 34.1 Å². The number of benzene rings is 3. The van der Waals surface area contributed by atoms with Crippen LogP contribution >= 0.6 is 12.3 Å². The molecule has 0 atom stereocenters. The van der Waals surface area contributed by atoms with Crippen molar-refractivity contribution >= 4 is 103 Å². The number of nitrogens with two attached hydrogens (primary N) is 2. The second-order valence-corrected chi connectivity index (χ2v) is 18.4. The van der Waals surface area contributed by atoms with Crippen molar-refractivity contribution in [3.63, 3.8) is 0 Å². The van der Waals surface area contributed by atoms with Gasteiger partial charge in [0.1, 0.15) is 43.0 Å². The molecule has 3 aromatic carbocycles. The Morgan fingerprint density at radius 3 is 1.38 bits per heavy atom. The predicted octanol–water partition coefficient (Wildman–Crippen LogP) is -16.3. The van der Waals surface area contributed by atoms with E-state index in [1.54, 1.807) is 0 Å². The molecule has 37 heteroatoms. The van der Waals surface area contributed by atoms with Gasteiger partial charge in [-0.25, -0.2) is 42.1 Å². The first kappa shape index (κ1) is 65.0. The number of carbonyl (C=O) groups excluding carboxylic acids is 1. The Hall–Kier alpha value is 0.710. The largest absolute Gasteiger partial charge is 1.00 e. The Morgan fingerprint density at radius 2 is 1.03 bits per heavy atom. The molecule has 60 heavy (non-hydrogen) atoms. The average molecular weight is 1010 g/mol. The van der Waals surface area contributed by atoms with Gasteiger partial charge in [0.2, 0.25) is 10.4 Å². The van der Waals surface area contributed by atoms with Crippen molar-refractivity contribution in [1.82, 2.24) is 0 Å². The smallest absolute Gasteiger partial charge is 0.744 e. The number of aromatic carboxylic acids is 1. The first-order valence-corrected chi connectivity index (χ1v) is 21.7. The molecule has 0 bridgehead atoms. The van der Waals surface area contributed by atoms with Crippen molar-refractivity contribution in [3.8, 4) is 0 Å². The minimum Gasteiger partial charge on any atom is -0.744 e. The number of sulfone groups is 2. The Balaban J connectivity index is -0.00000650. The zero-order valence-electron chi connectivity index (χ0n) is 31.4. The fraction of sp³-hybridized carbons (Fsp3) is 0.174. The molecule has 0 fully saturated rings. The van der Waals surface area contributed by atoms with Gasteiger partial charge in [-0.2, -0.15) is 0 Å². The molecule has 3 aromatic rings. The number of azo groups is 2. The van der Waals surface area contributed by atoms with Crippen molar-refractivity contribution in [2.75, 3.05) is 36.2 Å². The summed E-state index contributed by atoms with van der Waals surface area (Å²) < 4.78 is 166. The van der Waals surface area contributed by atoms with Crippen molar-refractivity contribution in [2.45, 2.75) is 19.6 Å². The van der Waals surface area contributed by atoms with Crippen LogP contribution in [-0.4, -0.2) is 86.4 Å². The molecule has 302 valence electrons. The van der Waals surface area contributed by atoms with Gasteiger partial charge in [0, 0.05) is 0 Å². The van der Waals surface area contributed by atoms with Gasteiger partial charge in [-0.1, -0.05) is 0 Å². The first-order chi connectivity index (χ1) is 25.3. The minimum atomic E-state index is -5.59. The van der Waals surface area contributed by atoms with E-state index in [0.29, 0.717) is 30.3 Å². The fourth-order valence-electron chi connectivity index (χ4n) is 3.95. The summed E-state index contributed by atoms with van der Waals surface area (Å²) in [5.41, 5.74) is 5.82. The summed E-state index contributed by atoms with van der Waals surface area (Å²) in [6.45, 7) is -1.79. The molecule has 0 aromatic heterocycles. The first-order valence-electron chi connectivity index (χ1n) is 13.6. The maximum Gasteiger partial charge on any atom is 1.00 e. The molecule has 0 aliphatic rings. The number of anilines is 2. The molecule has 0 saturated carbocycles. The molecule has 0 saturated heterocycles. The van der Waals surface area contributed by atoms with E-state index in [4.69, 9.17) is 11.5 Å². The Labute approximate surface area is 456 Å². The number of nitrogen functional groups attached to an aromatic ring is 2. The van der Waals surface area contributed by atoms with E-state index < -0.39 is 140 Å². The minimum absolute atomic E-state index is 0. The molecule has 0 aliphatic heterocycles. The zero-order chi connectivity index (χ0) is 41.6. The van der Waals surface area contributed by atoms with Crippen LogP contribution in [-0.2, 0) is 68.0 Å². The number of hydrogen-bond donors (Lipinski definition) is 2. The van der Waals surface area contributed by atoms with Crippen LogP contribution in [0.1, 0.15) is 10.4 Å². The molecular formula is C23H19N6Na5O20S6. The normalized spacial score (nSPS) is 12.1. The molecule has 0 radical (unpaired) electrons. The maximum absolute atomic E-state index is 12.6. The van der Waals surface area contributed by atoms with Crippen molar-refractivity contribution in [1.29, 1.82) is 0 Å². The van der Waals surface area contributed by atoms with Gasteiger partial charge in [0.25, 0.3) is 0 Å². The number of carbonyl (C=O) groups is 1. The zero-order valence-corrected chi connectivity index (χ0v) is 46.3. The van der Waals surface area contributed by atoms with Gasteiger partial charge < -0.3 is 40.3 Å². The van der Waals surface area contributed by atoms with Gasteiger partial charge in [0.15, 0.2) is 32.0 Å². The summed E-state index contributed by atoms with van der Waals surface area (Å²) in [4.78, 5) is 8.05. The van der Waals surface area contributed by atoms with Crippen LogP contribution in [0.25, 0.3) is 0 Å². The summed E-state index contributed by atoms with van der Waals surface area (Å²) in [7, 11) is -25.4.